The van der Waals surface area contributed by atoms with Gasteiger partial charge in [0.05, 0.1) is 15.8 Å². The van der Waals surface area contributed by atoms with Crippen LogP contribution in [0, 0.1) is 0 Å². The molecule has 0 aromatic carbocycles. The van der Waals surface area contributed by atoms with Crippen LogP contribution in [0.4, 0.5) is 0 Å². The first-order valence-corrected chi connectivity index (χ1v) is 8.43. The molecule has 0 bridgehead atoms. The molecule has 0 N–H and O–H groups in total. The quantitative estimate of drug-likeness (QED) is 0.692. The molecule has 1 fully saturated rings. The molecule has 1 aliphatic carbocycles. The molecule has 1 atom stereocenters. The van der Waals surface area contributed by atoms with Crippen LogP contribution in [0.25, 0.3) is 0 Å². The van der Waals surface area contributed by atoms with Gasteiger partial charge in [-0.1, -0.05) is 25.3 Å². The van der Waals surface area contributed by atoms with E-state index in [0.29, 0.717) is 5.25 Å². The Morgan fingerprint density at radius 3 is 2.59 bits per heavy atom. The monoisotopic (exact) mass is 273 g/mol. The van der Waals surface area contributed by atoms with Crippen molar-refractivity contribution in [1.29, 1.82) is 0 Å². The minimum Gasteiger partial charge on any atom is -0.372 e. The molecule has 1 aliphatic rings. The Morgan fingerprint density at radius 2 is 2.06 bits per heavy atom. The minimum atomic E-state index is -0.819. The maximum absolute atomic E-state index is 12.2. The van der Waals surface area contributed by atoms with Crippen LogP contribution in [0.5, 0.6) is 0 Å². The summed E-state index contributed by atoms with van der Waals surface area (Å²) in [6.07, 6.45) is 7.91. The van der Waals surface area contributed by atoms with Crippen LogP contribution in [0.3, 0.4) is 0 Å². The van der Waals surface area contributed by atoms with Crippen molar-refractivity contribution in [2.75, 3.05) is 19.8 Å². The molecule has 0 aliphatic heterocycles. The van der Waals surface area contributed by atoms with Gasteiger partial charge < -0.3 is 4.90 Å². The molecular formula is C13H23NOS2. The minimum absolute atomic E-state index is 0.378. The lowest BCUT2D eigenvalue weighted by molar-refractivity contribution is 0.506. The van der Waals surface area contributed by atoms with Gasteiger partial charge in [-0.15, -0.1) is 18.3 Å². The molecule has 0 heterocycles. The third-order valence-electron chi connectivity index (χ3n) is 2.89. The van der Waals surface area contributed by atoms with Crippen molar-refractivity contribution in [3.63, 3.8) is 0 Å². The molecule has 0 aromatic rings. The normalized spacial score (nSPS) is 20.0. The van der Waals surface area contributed by atoms with Crippen molar-refractivity contribution < 1.29 is 4.21 Å². The molecule has 0 amide bonds. The van der Waals surface area contributed by atoms with Gasteiger partial charge in [0, 0.05) is 30.5 Å². The number of hydrogen-bond acceptors (Lipinski definition) is 3. The van der Waals surface area contributed by atoms with E-state index >= 15 is 0 Å². The fraction of sp³-hybridized carbons (Fsp3) is 0.692. The van der Waals surface area contributed by atoms with Gasteiger partial charge in [-0.05, 0) is 12.8 Å². The van der Waals surface area contributed by atoms with E-state index in [2.05, 4.69) is 6.58 Å². The van der Waals surface area contributed by atoms with E-state index in [4.69, 9.17) is 0 Å². The van der Waals surface area contributed by atoms with Gasteiger partial charge in [0.1, 0.15) is 0 Å². The lowest BCUT2D eigenvalue weighted by Gasteiger charge is -2.21. The van der Waals surface area contributed by atoms with E-state index in [1.54, 1.807) is 11.8 Å². The Morgan fingerprint density at radius 1 is 1.41 bits per heavy atom. The fourth-order valence-corrected chi connectivity index (χ4v) is 4.41. The van der Waals surface area contributed by atoms with Crippen LogP contribution in [-0.4, -0.2) is 34.2 Å². The first kappa shape index (κ1) is 14.8. The molecule has 0 radical (unpaired) electrons. The highest BCUT2D eigenvalue weighted by Crippen LogP contribution is 2.25. The van der Waals surface area contributed by atoms with Crippen molar-refractivity contribution in [2.24, 2.45) is 0 Å². The number of thioether (sulfide) groups is 1. The van der Waals surface area contributed by atoms with E-state index in [0.717, 1.165) is 23.6 Å². The summed E-state index contributed by atoms with van der Waals surface area (Å²) in [4.78, 5) is 2.04. The third-order valence-corrected chi connectivity index (χ3v) is 5.80. The lowest BCUT2D eigenvalue weighted by atomic mass is 10.0. The predicted octanol–water partition coefficient (Wildman–Crippen LogP) is 3.35. The Labute approximate surface area is 112 Å². The van der Waals surface area contributed by atoms with E-state index < -0.39 is 10.8 Å². The number of nitrogens with zero attached hydrogens (tertiary/aromatic N) is 1. The largest absolute Gasteiger partial charge is 0.372 e. The van der Waals surface area contributed by atoms with Gasteiger partial charge in [0.2, 0.25) is 0 Å². The van der Waals surface area contributed by atoms with Crippen molar-refractivity contribution >= 4 is 22.6 Å². The lowest BCUT2D eigenvalue weighted by Crippen LogP contribution is -2.18. The summed E-state index contributed by atoms with van der Waals surface area (Å²) in [5.74, 6) is 0.867. The van der Waals surface area contributed by atoms with Crippen molar-refractivity contribution in [3.05, 3.63) is 23.1 Å². The van der Waals surface area contributed by atoms with E-state index in [-0.39, 0.29) is 0 Å². The van der Waals surface area contributed by atoms with Gasteiger partial charge in [-0.3, -0.25) is 4.21 Å². The first-order chi connectivity index (χ1) is 8.15. The van der Waals surface area contributed by atoms with Gasteiger partial charge in [0.15, 0.2) is 0 Å². The summed E-state index contributed by atoms with van der Waals surface area (Å²) in [5, 5.41) is 3.40. The van der Waals surface area contributed by atoms with Crippen LogP contribution < -0.4 is 0 Å². The Hall–Kier alpha value is -0.220. The summed E-state index contributed by atoms with van der Waals surface area (Å²) in [7, 11) is 3.18. The summed E-state index contributed by atoms with van der Waals surface area (Å²) in [6.45, 7) is 3.72. The smallest absolute Gasteiger partial charge is 0.0795 e. The fourth-order valence-electron chi connectivity index (χ4n) is 1.91. The maximum atomic E-state index is 12.2. The zero-order valence-electron chi connectivity index (χ0n) is 10.9. The average Bonchev–Trinajstić information content (AvgIpc) is 2.35. The van der Waals surface area contributed by atoms with E-state index in [9.17, 15) is 4.21 Å². The van der Waals surface area contributed by atoms with Gasteiger partial charge >= 0.3 is 0 Å². The molecule has 0 aromatic heterocycles. The van der Waals surface area contributed by atoms with Crippen molar-refractivity contribution in [2.45, 2.75) is 37.4 Å². The highest BCUT2D eigenvalue weighted by molar-refractivity contribution is 8.03. The Kier molecular flexibility index (Phi) is 6.97. The summed E-state index contributed by atoms with van der Waals surface area (Å²) >= 11 is 1.70. The van der Waals surface area contributed by atoms with Crippen LogP contribution in [0.2, 0.25) is 0 Å². The second kappa shape index (κ2) is 7.98. The number of hydrogen-bond donors (Lipinski definition) is 0. The van der Waals surface area contributed by atoms with Gasteiger partial charge in [-0.2, -0.15) is 0 Å². The highest BCUT2D eigenvalue weighted by Gasteiger charge is 2.19. The van der Waals surface area contributed by atoms with E-state index in [1.165, 1.54) is 19.3 Å². The Bertz CT molecular complexity index is 294. The molecule has 0 spiro atoms. The molecule has 1 saturated carbocycles. The molecule has 0 saturated heterocycles. The molecule has 4 heteroatoms. The summed E-state index contributed by atoms with van der Waals surface area (Å²) < 4.78 is 12.2. The molecule has 17 heavy (non-hydrogen) atoms. The maximum Gasteiger partial charge on any atom is 0.0795 e. The van der Waals surface area contributed by atoms with Crippen LogP contribution >= 0.6 is 11.8 Å². The van der Waals surface area contributed by atoms with Crippen LogP contribution in [0.15, 0.2) is 23.1 Å². The number of rotatable bonds is 6. The Balaban J connectivity index is 2.60. The second-order valence-corrected chi connectivity index (χ2v) is 7.14. The first-order valence-electron chi connectivity index (χ1n) is 6.17. The standard InChI is InChI=1S/C13H23NOS2/c1-4-10-16-13(14(2)3)11-17(15)12-8-6-5-7-9-12/h4,11-12H,1,5-10H2,2-3H3/b13-11-/t17-/m1/s1. The van der Waals surface area contributed by atoms with Crippen LogP contribution in [0.1, 0.15) is 32.1 Å². The predicted molar refractivity (Wildman–Crippen MR) is 79.4 cm³/mol. The zero-order chi connectivity index (χ0) is 12.7. The topological polar surface area (TPSA) is 20.3 Å². The molecule has 2 nitrogen and oxygen atoms in total. The van der Waals surface area contributed by atoms with Gasteiger partial charge in [0.25, 0.3) is 0 Å². The van der Waals surface area contributed by atoms with Crippen molar-refractivity contribution in [1.82, 2.24) is 4.90 Å². The molecule has 1 rings (SSSR count). The molecular weight excluding hydrogens is 250 g/mol. The highest BCUT2D eigenvalue weighted by atomic mass is 32.2. The summed E-state index contributed by atoms with van der Waals surface area (Å²) in [5.41, 5.74) is 0. The van der Waals surface area contributed by atoms with Gasteiger partial charge in [-0.25, -0.2) is 0 Å². The molecule has 0 unspecified atom stereocenters. The van der Waals surface area contributed by atoms with E-state index in [1.807, 2.05) is 30.5 Å². The van der Waals surface area contributed by atoms with Crippen molar-refractivity contribution in [3.8, 4) is 0 Å². The average molecular weight is 273 g/mol. The molecule has 98 valence electrons. The third kappa shape index (κ3) is 5.30. The second-order valence-electron chi connectivity index (χ2n) is 4.54. The zero-order valence-corrected chi connectivity index (χ0v) is 12.5. The SMILES string of the molecule is C=CCS/C(=C\[S@@](=O)C1CCCCC1)N(C)C. The van der Waals surface area contributed by atoms with Crippen LogP contribution in [-0.2, 0) is 10.8 Å². The summed E-state index contributed by atoms with van der Waals surface area (Å²) in [6, 6.07) is 0.